The fourth-order valence-corrected chi connectivity index (χ4v) is 6.92. The maximum atomic E-state index is 14.0. The molecule has 1 aromatic rings. The molecule has 15 N–H and O–H groups in total. The van der Waals surface area contributed by atoms with Crippen LogP contribution in [-0.2, 0) is 28.8 Å². The number of carbonyl (C=O) groups excluding carboxylic acids is 6. The molecule has 0 radical (unpaired) electrons. The summed E-state index contributed by atoms with van der Waals surface area (Å²) in [5.74, 6) is -8.12. The van der Waals surface area contributed by atoms with Gasteiger partial charge in [-0.15, -0.1) is 0 Å². The molecule has 0 bridgehead atoms. The number of nitrogens with one attached hydrogen (secondary N) is 4. The highest BCUT2D eigenvalue weighted by Gasteiger charge is 2.50. The second kappa shape index (κ2) is 18.2. The summed E-state index contributed by atoms with van der Waals surface area (Å²) < 4.78 is 0. The van der Waals surface area contributed by atoms with Crippen molar-refractivity contribution in [2.45, 2.75) is 119 Å². The standard InChI is InChI=1S/C34H51N7O15/c1-12-10-41-24(25(12)47)32(54)39-30(52)20(46)9-18(35)28(50)36-21(13(2)42)33(55)40-11-17(45)8-19(40)29(51)38-23(31(53)37-22(14(3)43)34(41)56)27(49)26(48)15-4-6-16(44)7-5-15/h4-7,12-14,17-27,30,42-49,52H,8-11,35H2,1-3H3,(H,36,50)(H,37,53)(H,38,51)(H,39,54)/t12-,13+,14+,17+,18-,19-,20-,21-,22-,23-,24-,25-,26-,27-,30+/m0/s1. The quantitative estimate of drug-likeness (QED) is 0.132. The lowest BCUT2D eigenvalue weighted by molar-refractivity contribution is -0.148. The SMILES string of the molecule is C[C@@H](O)[C@@H]1NC(=O)[C@H]([C@H](O)[C@@H](O)c2ccc(O)cc2)NC(=O)[C@@H]2C[C@@H](O)CN2C(=O)[C@H]([C@@H](C)O)NC(=O)[C@@H](N)C[C@H](O)[C@@H](O)NC(=O)[C@@H]2[C@@H](O)[C@@H](C)CN2C1=O. The number of fused-ring (bicyclic) bond motifs is 2. The summed E-state index contributed by atoms with van der Waals surface area (Å²) in [5.41, 5.74) is 5.88. The number of amides is 6. The highest BCUT2D eigenvalue weighted by molar-refractivity contribution is 5.98. The molecule has 1 aromatic carbocycles. The smallest absolute Gasteiger partial charge is 0.248 e. The van der Waals surface area contributed by atoms with E-state index in [1.807, 2.05) is 5.32 Å². The third-order valence-corrected chi connectivity index (χ3v) is 10.2. The maximum absolute atomic E-state index is 14.0. The van der Waals surface area contributed by atoms with Gasteiger partial charge in [0.15, 0.2) is 6.23 Å². The number of hydrogen-bond acceptors (Lipinski definition) is 16. The molecule has 4 rings (SSSR count). The van der Waals surface area contributed by atoms with Crippen LogP contribution < -0.4 is 27.0 Å². The minimum Gasteiger partial charge on any atom is -0.508 e. The summed E-state index contributed by atoms with van der Waals surface area (Å²) in [7, 11) is 0. The Morgan fingerprint density at radius 1 is 0.696 bits per heavy atom. The maximum Gasteiger partial charge on any atom is 0.248 e. The number of nitrogens with zero attached hydrogens (tertiary/aromatic N) is 2. The van der Waals surface area contributed by atoms with Crippen LogP contribution in [0.3, 0.4) is 0 Å². The molecule has 312 valence electrons. The molecular formula is C34H51N7O15. The van der Waals surface area contributed by atoms with E-state index in [0.29, 0.717) is 0 Å². The summed E-state index contributed by atoms with van der Waals surface area (Å²) in [6.07, 6.45) is -15.8. The predicted molar refractivity (Wildman–Crippen MR) is 188 cm³/mol. The Labute approximate surface area is 320 Å². The molecule has 3 fully saturated rings. The van der Waals surface area contributed by atoms with Gasteiger partial charge < -0.3 is 82.8 Å². The lowest BCUT2D eigenvalue weighted by atomic mass is 9.96. The van der Waals surface area contributed by atoms with E-state index >= 15 is 0 Å². The summed E-state index contributed by atoms with van der Waals surface area (Å²) >= 11 is 0. The lowest BCUT2D eigenvalue weighted by Gasteiger charge is -2.34. The summed E-state index contributed by atoms with van der Waals surface area (Å²) in [6.45, 7) is 2.85. The van der Waals surface area contributed by atoms with Crippen LogP contribution in [-0.4, -0.2) is 183 Å². The first-order valence-corrected chi connectivity index (χ1v) is 18.0. The van der Waals surface area contributed by atoms with E-state index in [1.165, 1.54) is 19.1 Å². The van der Waals surface area contributed by atoms with Gasteiger partial charge in [0, 0.05) is 31.8 Å². The van der Waals surface area contributed by atoms with Gasteiger partial charge in [0.25, 0.3) is 0 Å². The van der Waals surface area contributed by atoms with E-state index in [0.717, 1.165) is 35.8 Å². The Hall–Kier alpha value is -4.52. The van der Waals surface area contributed by atoms with Gasteiger partial charge in [-0.05, 0) is 31.5 Å². The number of aliphatic hydroxyl groups is 8. The van der Waals surface area contributed by atoms with E-state index < -0.39 is 146 Å². The number of aliphatic hydroxyl groups excluding tert-OH is 8. The minimum absolute atomic E-state index is 0.0501. The van der Waals surface area contributed by atoms with E-state index in [1.54, 1.807) is 0 Å². The molecule has 0 saturated carbocycles. The number of nitrogens with two attached hydrogens (primary N) is 1. The zero-order chi connectivity index (χ0) is 41.9. The second-order valence-electron chi connectivity index (χ2n) is 14.6. The zero-order valence-electron chi connectivity index (χ0n) is 30.7. The number of phenolic OH excluding ortho intramolecular Hbond substituents is 1. The average Bonchev–Trinajstić information content (AvgIpc) is 3.68. The van der Waals surface area contributed by atoms with Crippen LogP contribution in [0.1, 0.15) is 45.3 Å². The molecule has 0 aromatic heterocycles. The van der Waals surface area contributed by atoms with Gasteiger partial charge in [0.2, 0.25) is 35.4 Å². The summed E-state index contributed by atoms with van der Waals surface area (Å²) in [4.78, 5) is 83.9. The fourth-order valence-electron chi connectivity index (χ4n) is 6.92. The number of hydrogen-bond donors (Lipinski definition) is 14. The van der Waals surface area contributed by atoms with Gasteiger partial charge in [0.05, 0.1) is 30.5 Å². The monoisotopic (exact) mass is 797 g/mol. The first-order chi connectivity index (χ1) is 26.1. The summed E-state index contributed by atoms with van der Waals surface area (Å²) in [6, 6.07) is -6.28. The molecule has 6 amide bonds. The van der Waals surface area contributed by atoms with Crippen molar-refractivity contribution in [2.75, 3.05) is 13.1 Å². The van der Waals surface area contributed by atoms with Crippen molar-refractivity contribution in [1.29, 1.82) is 0 Å². The largest absolute Gasteiger partial charge is 0.508 e. The molecule has 15 atom stereocenters. The molecule has 56 heavy (non-hydrogen) atoms. The molecule has 3 heterocycles. The van der Waals surface area contributed by atoms with E-state index in [9.17, 15) is 74.7 Å². The Kier molecular flexibility index (Phi) is 14.3. The zero-order valence-corrected chi connectivity index (χ0v) is 30.7. The third-order valence-electron chi connectivity index (χ3n) is 10.2. The van der Waals surface area contributed by atoms with Crippen LogP contribution in [0, 0.1) is 5.92 Å². The number of carbonyl (C=O) groups is 6. The van der Waals surface area contributed by atoms with Crippen molar-refractivity contribution < 1.29 is 74.7 Å². The minimum atomic E-state index is -2.24. The molecule has 22 heteroatoms. The molecule has 3 saturated heterocycles. The first-order valence-electron chi connectivity index (χ1n) is 18.0. The molecule has 3 aliphatic heterocycles. The van der Waals surface area contributed by atoms with E-state index in [-0.39, 0.29) is 17.9 Å². The van der Waals surface area contributed by atoms with Crippen LogP contribution in [0.4, 0.5) is 0 Å². The van der Waals surface area contributed by atoms with Crippen molar-refractivity contribution in [2.24, 2.45) is 11.7 Å². The van der Waals surface area contributed by atoms with Gasteiger partial charge >= 0.3 is 0 Å². The number of rotatable bonds is 5. The van der Waals surface area contributed by atoms with Gasteiger partial charge in [-0.2, -0.15) is 0 Å². The van der Waals surface area contributed by atoms with Crippen LogP contribution in [0.2, 0.25) is 0 Å². The highest BCUT2D eigenvalue weighted by Crippen LogP contribution is 2.27. The number of phenols is 1. The lowest BCUT2D eigenvalue weighted by Crippen LogP contribution is -2.64. The molecule has 3 aliphatic rings. The topological polar surface area (TPSA) is 365 Å². The van der Waals surface area contributed by atoms with E-state index in [2.05, 4.69) is 16.0 Å². The van der Waals surface area contributed by atoms with Gasteiger partial charge in [0.1, 0.15) is 54.3 Å². The van der Waals surface area contributed by atoms with Crippen molar-refractivity contribution in [3.63, 3.8) is 0 Å². The van der Waals surface area contributed by atoms with Crippen molar-refractivity contribution in [3.8, 4) is 5.75 Å². The normalized spacial score (nSPS) is 35.2. The molecular weight excluding hydrogens is 746 g/mol. The molecule has 22 nitrogen and oxygen atoms in total. The average molecular weight is 798 g/mol. The Morgan fingerprint density at radius 2 is 1.23 bits per heavy atom. The molecule has 0 aliphatic carbocycles. The van der Waals surface area contributed by atoms with Gasteiger partial charge in [-0.1, -0.05) is 19.1 Å². The van der Waals surface area contributed by atoms with Gasteiger partial charge in [-0.3, -0.25) is 28.8 Å². The van der Waals surface area contributed by atoms with Crippen LogP contribution >= 0.6 is 0 Å². The third kappa shape index (κ3) is 9.70. The van der Waals surface area contributed by atoms with Gasteiger partial charge in [-0.25, -0.2) is 0 Å². The Bertz CT molecular complexity index is 1620. The van der Waals surface area contributed by atoms with Crippen LogP contribution in [0.25, 0.3) is 0 Å². The van der Waals surface area contributed by atoms with Crippen molar-refractivity contribution in [1.82, 2.24) is 31.1 Å². The van der Waals surface area contributed by atoms with Crippen LogP contribution in [0.15, 0.2) is 24.3 Å². The fraction of sp³-hybridized carbons (Fsp3) is 0.647. The first kappa shape index (κ1) is 44.2. The predicted octanol–water partition coefficient (Wildman–Crippen LogP) is -7.30. The Morgan fingerprint density at radius 3 is 1.80 bits per heavy atom. The van der Waals surface area contributed by atoms with E-state index in [4.69, 9.17) is 5.73 Å². The molecule has 0 spiro atoms. The number of aromatic hydroxyl groups is 1. The van der Waals surface area contributed by atoms with Crippen LogP contribution in [0.5, 0.6) is 5.75 Å². The highest BCUT2D eigenvalue weighted by atomic mass is 16.3. The summed E-state index contributed by atoms with van der Waals surface area (Å²) in [5, 5.41) is 105. The number of benzene rings is 1. The second-order valence-corrected chi connectivity index (χ2v) is 14.6. The Balaban J connectivity index is 1.80. The van der Waals surface area contributed by atoms with Crippen molar-refractivity contribution >= 4 is 35.4 Å². The molecule has 0 unspecified atom stereocenters. The van der Waals surface area contributed by atoms with Crippen molar-refractivity contribution in [3.05, 3.63) is 29.8 Å².